The van der Waals surface area contributed by atoms with Gasteiger partial charge in [0.25, 0.3) is 5.84 Å². The number of benzene rings is 2. The monoisotopic (exact) mass is 601 g/mol. The summed E-state index contributed by atoms with van der Waals surface area (Å²) < 4.78 is 26.1. The molecule has 6 rings (SSSR count). The summed E-state index contributed by atoms with van der Waals surface area (Å²) in [6.07, 6.45) is 16.1. The molecule has 4 heterocycles. The molecule has 0 spiro atoms. The standard InChI is InChI=1S/C32H36N6O6/c39-28-9-3-1-7-26(28)37(31-21-41-24-43-31)19-17-35-16-15-34(23-35)13-6-5-11-30-33-12-14-36(30)18-20-38(32-22-42-25-44-32)27-8-2-4-10-29(27)40/h1-4,7-10,12,14-16,21-23H,5-6,11,13,17-20,24-25H2,(H-,39,40)/q+1/p+1. The van der Waals surface area contributed by atoms with Gasteiger partial charge in [-0.1, -0.05) is 29.3 Å². The average Bonchev–Trinajstić information content (AvgIpc) is 3.87. The Bertz CT molecular complexity index is 1550. The number of amidine groups is 1. The van der Waals surface area contributed by atoms with E-state index in [0.717, 1.165) is 31.6 Å². The number of rotatable bonds is 15. The molecule has 12 nitrogen and oxygen atoms in total. The number of aromatic hydroxyl groups is 2. The normalized spacial score (nSPS) is 15.2. The molecule has 3 aromatic rings. The van der Waals surface area contributed by atoms with Crippen molar-refractivity contribution in [3.05, 3.63) is 104 Å². The molecule has 229 valence electrons. The topological polar surface area (TPSA) is 110 Å². The van der Waals surface area contributed by atoms with E-state index in [9.17, 15) is 10.2 Å². The van der Waals surface area contributed by atoms with Crippen molar-refractivity contribution in [1.82, 2.24) is 14.5 Å². The molecule has 0 fully saturated rings. The second-order valence-electron chi connectivity index (χ2n) is 10.4. The lowest BCUT2D eigenvalue weighted by molar-refractivity contribution is -0.696. The quantitative estimate of drug-likeness (QED) is 0.200. The average molecular weight is 602 g/mol. The van der Waals surface area contributed by atoms with Crippen LogP contribution in [-0.2, 0) is 32.0 Å². The summed E-state index contributed by atoms with van der Waals surface area (Å²) in [7, 11) is 0. The number of unbranched alkanes of at least 4 members (excludes halogenated alkanes) is 1. The minimum Gasteiger partial charge on any atom is -0.506 e. The smallest absolute Gasteiger partial charge is 0.298 e. The Balaban J connectivity index is 0.967. The summed E-state index contributed by atoms with van der Waals surface area (Å²) in [4.78, 5) is 10.6. The fourth-order valence-electron chi connectivity index (χ4n) is 5.31. The number of aromatic nitrogens is 2. The number of hydrogen-bond acceptors (Lipinski definition) is 10. The van der Waals surface area contributed by atoms with Gasteiger partial charge in [-0.2, -0.15) is 0 Å². The Labute approximate surface area is 256 Å². The summed E-state index contributed by atoms with van der Waals surface area (Å²) in [5.41, 5.74) is 1.34. The molecule has 0 saturated heterocycles. The zero-order chi connectivity index (χ0) is 30.1. The number of anilines is 2. The molecule has 44 heavy (non-hydrogen) atoms. The fourth-order valence-corrected chi connectivity index (χ4v) is 5.31. The maximum atomic E-state index is 10.4. The lowest BCUT2D eigenvalue weighted by Gasteiger charge is -2.25. The van der Waals surface area contributed by atoms with E-state index in [1.165, 1.54) is 0 Å². The number of para-hydroxylation sites is 4. The predicted octanol–water partition coefficient (Wildman–Crippen LogP) is 3.50. The van der Waals surface area contributed by atoms with E-state index < -0.39 is 0 Å². The highest BCUT2D eigenvalue weighted by Crippen LogP contribution is 2.32. The van der Waals surface area contributed by atoms with E-state index in [-0.39, 0.29) is 25.1 Å². The molecule has 0 bridgehead atoms. The second-order valence-corrected chi connectivity index (χ2v) is 10.4. The number of hydrogen-bond donors (Lipinski definition) is 2. The van der Waals surface area contributed by atoms with Crippen LogP contribution in [0, 0.1) is 0 Å². The minimum absolute atomic E-state index is 0.163. The van der Waals surface area contributed by atoms with Gasteiger partial charge in [0.2, 0.25) is 31.7 Å². The number of nitrogens with zero attached hydrogens (tertiary/aromatic N) is 6. The van der Waals surface area contributed by atoms with Crippen molar-refractivity contribution >= 4 is 17.2 Å². The van der Waals surface area contributed by atoms with E-state index in [0.29, 0.717) is 49.3 Å². The maximum Gasteiger partial charge on any atom is 0.298 e. The summed E-state index contributed by atoms with van der Waals surface area (Å²) in [5, 5.41) is 20.8. The molecular formula is C32H37N6O6+2. The lowest BCUT2D eigenvalue weighted by atomic mass is 10.2. The molecule has 12 heteroatoms. The third-order valence-electron chi connectivity index (χ3n) is 7.56. The van der Waals surface area contributed by atoms with E-state index in [2.05, 4.69) is 37.7 Å². The fraction of sp³-hybridized carbons (Fsp3) is 0.312. The van der Waals surface area contributed by atoms with Gasteiger partial charge in [0.05, 0.1) is 37.4 Å². The minimum atomic E-state index is 0.163. The van der Waals surface area contributed by atoms with Crippen LogP contribution in [0.1, 0.15) is 19.3 Å². The first-order chi connectivity index (χ1) is 21.7. The van der Waals surface area contributed by atoms with Crippen LogP contribution in [0.25, 0.3) is 0 Å². The molecule has 0 unspecified atom stereocenters. The Hall–Kier alpha value is -5.26. The van der Waals surface area contributed by atoms with Gasteiger partial charge in [0.15, 0.2) is 6.20 Å². The third kappa shape index (κ3) is 6.86. The number of phenols is 2. The molecule has 3 aliphatic heterocycles. The Morgan fingerprint density at radius 1 is 0.818 bits per heavy atom. The van der Waals surface area contributed by atoms with Gasteiger partial charge in [-0.25, -0.2) is 14.0 Å². The number of phenolic OH excluding ortho intramolecular Hbond substituents is 2. The molecule has 1 aromatic heterocycles. The zero-order valence-electron chi connectivity index (χ0n) is 24.4. The van der Waals surface area contributed by atoms with Crippen molar-refractivity contribution in [3.8, 4) is 11.5 Å². The van der Waals surface area contributed by atoms with E-state index in [1.807, 2.05) is 46.5 Å². The van der Waals surface area contributed by atoms with Crippen molar-refractivity contribution < 1.29 is 33.7 Å². The molecule has 3 aliphatic rings. The first-order valence-electron chi connectivity index (χ1n) is 14.7. The van der Waals surface area contributed by atoms with Crippen LogP contribution >= 0.6 is 0 Å². The summed E-state index contributed by atoms with van der Waals surface area (Å²) in [6.45, 7) is 3.78. The second kappa shape index (κ2) is 13.8. The van der Waals surface area contributed by atoms with E-state index in [4.69, 9.17) is 18.9 Å². The number of aliphatic imine (C=N–C) groups is 1. The highest BCUT2D eigenvalue weighted by atomic mass is 16.7. The Morgan fingerprint density at radius 3 is 2.07 bits per heavy atom. The third-order valence-corrected chi connectivity index (χ3v) is 7.56. The van der Waals surface area contributed by atoms with Crippen molar-refractivity contribution in [2.45, 2.75) is 32.4 Å². The number of aryl methyl sites for hydroxylation is 1. The first kappa shape index (κ1) is 28.8. The Kier molecular flexibility index (Phi) is 9.05. The lowest BCUT2D eigenvalue weighted by Crippen LogP contribution is -2.35. The highest BCUT2D eigenvalue weighted by Gasteiger charge is 2.27. The molecule has 0 amide bonds. The van der Waals surface area contributed by atoms with E-state index in [1.54, 1.807) is 36.8 Å². The van der Waals surface area contributed by atoms with Crippen LogP contribution in [0.15, 0.2) is 104 Å². The van der Waals surface area contributed by atoms with Crippen molar-refractivity contribution in [2.75, 3.05) is 43.0 Å². The zero-order valence-corrected chi connectivity index (χ0v) is 24.4. The van der Waals surface area contributed by atoms with Gasteiger partial charge in [0.1, 0.15) is 55.7 Å². The first-order valence-corrected chi connectivity index (χ1v) is 14.7. The SMILES string of the molecule is Oc1ccccc1N(CCN1C=C[N+]=C1CCCC[n+]1ccn(CCN(C2=COCO2)c2ccccc2O)c1)C1=COCO1. The molecule has 0 aliphatic carbocycles. The summed E-state index contributed by atoms with van der Waals surface area (Å²) >= 11 is 0. The van der Waals surface area contributed by atoms with Crippen molar-refractivity contribution in [3.63, 3.8) is 0 Å². The van der Waals surface area contributed by atoms with Crippen molar-refractivity contribution in [2.24, 2.45) is 0 Å². The van der Waals surface area contributed by atoms with Gasteiger partial charge >= 0.3 is 0 Å². The number of imidazole rings is 1. The highest BCUT2D eigenvalue weighted by molar-refractivity contribution is 5.84. The number of ether oxygens (including phenoxy) is 4. The summed E-state index contributed by atoms with van der Waals surface area (Å²) in [5.74, 6) is 2.55. The van der Waals surface area contributed by atoms with Crippen LogP contribution in [0.3, 0.4) is 0 Å². The Morgan fingerprint density at radius 2 is 1.45 bits per heavy atom. The van der Waals surface area contributed by atoms with Gasteiger partial charge in [-0.15, -0.1) is 0 Å². The van der Waals surface area contributed by atoms with Gasteiger partial charge in [0, 0.05) is 0 Å². The molecule has 0 saturated carbocycles. The largest absolute Gasteiger partial charge is 0.506 e. The van der Waals surface area contributed by atoms with Crippen LogP contribution in [0.4, 0.5) is 11.4 Å². The van der Waals surface area contributed by atoms with Crippen LogP contribution in [0.2, 0.25) is 0 Å². The van der Waals surface area contributed by atoms with Crippen LogP contribution < -0.4 is 19.4 Å². The molecule has 2 aromatic carbocycles. The van der Waals surface area contributed by atoms with Gasteiger partial charge in [-0.05, 0) is 37.1 Å². The molecular weight excluding hydrogens is 564 g/mol. The van der Waals surface area contributed by atoms with E-state index >= 15 is 0 Å². The molecule has 0 atom stereocenters. The van der Waals surface area contributed by atoms with Crippen LogP contribution in [0.5, 0.6) is 11.5 Å². The summed E-state index contributed by atoms with van der Waals surface area (Å²) in [6, 6.07) is 14.4. The molecule has 2 N–H and O–H groups in total. The predicted molar refractivity (Wildman–Crippen MR) is 163 cm³/mol. The van der Waals surface area contributed by atoms with Crippen molar-refractivity contribution in [1.29, 1.82) is 0 Å². The van der Waals surface area contributed by atoms with Gasteiger partial charge in [-0.3, -0.25) is 0 Å². The maximum absolute atomic E-state index is 10.4. The van der Waals surface area contributed by atoms with Gasteiger partial charge < -0.3 is 39.0 Å². The molecule has 1 radical (unpaired) electrons. The van der Waals surface area contributed by atoms with Crippen LogP contribution in [-0.4, -0.2) is 58.7 Å².